The van der Waals surface area contributed by atoms with Crippen molar-refractivity contribution in [2.24, 2.45) is 0 Å². The van der Waals surface area contributed by atoms with Crippen molar-refractivity contribution in [2.45, 2.75) is 39.5 Å². The highest BCUT2D eigenvalue weighted by Crippen LogP contribution is 2.37. The Balaban J connectivity index is 1.63. The SMILES string of the molecule is CCN(CC)CCNC(=O)c1[nH]c(C=C2C(=O)Nc3ccc(Br)cc32)c2c1CCCC2. The largest absolute Gasteiger partial charge is 0.351 e. The Bertz CT molecular complexity index is 1040. The van der Waals surface area contributed by atoms with Crippen LogP contribution in [-0.2, 0) is 17.6 Å². The Morgan fingerprint density at radius 1 is 1.19 bits per heavy atom. The van der Waals surface area contributed by atoms with E-state index in [2.05, 4.69) is 50.3 Å². The van der Waals surface area contributed by atoms with Gasteiger partial charge in [0.1, 0.15) is 5.69 Å². The highest BCUT2D eigenvalue weighted by atomic mass is 79.9. The molecule has 2 aromatic rings. The van der Waals surface area contributed by atoms with Crippen molar-refractivity contribution < 1.29 is 9.59 Å². The van der Waals surface area contributed by atoms with Gasteiger partial charge in [-0.3, -0.25) is 9.59 Å². The molecule has 0 atom stereocenters. The van der Waals surface area contributed by atoms with E-state index in [1.165, 1.54) is 5.56 Å². The van der Waals surface area contributed by atoms with Gasteiger partial charge in [0.25, 0.3) is 11.8 Å². The average molecular weight is 485 g/mol. The molecule has 164 valence electrons. The van der Waals surface area contributed by atoms with Gasteiger partial charge in [0.15, 0.2) is 0 Å². The minimum Gasteiger partial charge on any atom is -0.351 e. The summed E-state index contributed by atoms with van der Waals surface area (Å²) < 4.78 is 0.926. The maximum Gasteiger partial charge on any atom is 0.268 e. The summed E-state index contributed by atoms with van der Waals surface area (Å²) in [4.78, 5) is 31.2. The van der Waals surface area contributed by atoms with E-state index in [-0.39, 0.29) is 11.8 Å². The predicted molar refractivity (Wildman–Crippen MR) is 128 cm³/mol. The van der Waals surface area contributed by atoms with Crippen LogP contribution in [0.4, 0.5) is 5.69 Å². The molecule has 0 saturated heterocycles. The van der Waals surface area contributed by atoms with Gasteiger partial charge in [-0.1, -0.05) is 29.8 Å². The van der Waals surface area contributed by atoms with Crippen molar-refractivity contribution in [1.29, 1.82) is 0 Å². The minimum atomic E-state index is -0.113. The standard InChI is InChI=1S/C24H29BrN4O2/c1-3-29(4-2)12-11-26-24(31)22-17-8-6-5-7-16(17)21(27-22)14-19-18-13-15(25)9-10-20(18)28-23(19)30/h9-10,13-14,27H,3-8,11-12H2,1-2H3,(H,26,31)(H,28,30). The summed E-state index contributed by atoms with van der Waals surface area (Å²) in [7, 11) is 0. The Labute approximate surface area is 191 Å². The number of hydrogen-bond donors (Lipinski definition) is 3. The number of fused-ring (bicyclic) bond motifs is 2. The fraction of sp³-hybridized carbons (Fsp3) is 0.417. The first-order chi connectivity index (χ1) is 15.0. The molecule has 2 aliphatic rings. The molecule has 1 aromatic heterocycles. The maximum absolute atomic E-state index is 13.0. The van der Waals surface area contributed by atoms with Gasteiger partial charge in [-0.2, -0.15) is 0 Å². The fourth-order valence-corrected chi connectivity index (χ4v) is 4.85. The number of aromatic amines is 1. The van der Waals surface area contributed by atoms with Crippen molar-refractivity contribution in [3.63, 3.8) is 0 Å². The first kappa shape index (κ1) is 21.8. The second kappa shape index (κ2) is 9.40. The first-order valence-corrected chi connectivity index (χ1v) is 11.9. The molecule has 4 rings (SSSR count). The molecular formula is C24H29BrN4O2. The van der Waals surface area contributed by atoms with Crippen molar-refractivity contribution >= 4 is 45.1 Å². The topological polar surface area (TPSA) is 77.2 Å². The number of rotatable bonds is 7. The number of carbonyl (C=O) groups is 2. The van der Waals surface area contributed by atoms with E-state index in [0.717, 1.165) is 72.3 Å². The molecule has 0 unspecified atom stereocenters. The number of aromatic nitrogens is 1. The molecule has 1 aliphatic carbocycles. The zero-order valence-corrected chi connectivity index (χ0v) is 19.7. The van der Waals surface area contributed by atoms with E-state index >= 15 is 0 Å². The van der Waals surface area contributed by atoms with E-state index in [0.29, 0.717) is 17.8 Å². The molecule has 7 heteroatoms. The number of halogens is 1. The lowest BCUT2D eigenvalue weighted by atomic mass is 9.91. The number of nitrogens with one attached hydrogen (secondary N) is 3. The van der Waals surface area contributed by atoms with E-state index in [1.54, 1.807) is 0 Å². The summed E-state index contributed by atoms with van der Waals surface area (Å²) in [6, 6.07) is 5.77. The van der Waals surface area contributed by atoms with Crippen LogP contribution in [0.15, 0.2) is 22.7 Å². The molecule has 0 bridgehead atoms. The third-order valence-corrected chi connectivity index (χ3v) is 6.74. The average Bonchev–Trinajstić information content (AvgIpc) is 3.29. The summed E-state index contributed by atoms with van der Waals surface area (Å²) >= 11 is 3.49. The van der Waals surface area contributed by atoms with Crippen LogP contribution in [-0.4, -0.2) is 47.9 Å². The summed E-state index contributed by atoms with van der Waals surface area (Å²) in [5.74, 6) is -0.175. The zero-order valence-electron chi connectivity index (χ0n) is 18.1. The second-order valence-corrected chi connectivity index (χ2v) is 8.98. The Kier molecular flexibility index (Phi) is 6.62. The first-order valence-electron chi connectivity index (χ1n) is 11.1. The van der Waals surface area contributed by atoms with E-state index < -0.39 is 0 Å². The van der Waals surface area contributed by atoms with Crippen LogP contribution in [0.5, 0.6) is 0 Å². The van der Waals surface area contributed by atoms with Gasteiger partial charge in [0, 0.05) is 34.5 Å². The van der Waals surface area contributed by atoms with Gasteiger partial charge in [-0.05, 0) is 74.2 Å². The summed E-state index contributed by atoms with van der Waals surface area (Å²) in [5.41, 5.74) is 6.11. The molecule has 3 N–H and O–H groups in total. The number of likely N-dealkylation sites (N-methyl/N-ethyl adjacent to an activating group) is 1. The lowest BCUT2D eigenvalue weighted by molar-refractivity contribution is -0.110. The van der Waals surface area contributed by atoms with Crippen molar-refractivity contribution in [1.82, 2.24) is 15.2 Å². The smallest absolute Gasteiger partial charge is 0.268 e. The molecule has 0 saturated carbocycles. The molecule has 2 heterocycles. The molecular weight excluding hydrogens is 456 g/mol. The number of nitrogens with zero attached hydrogens (tertiary/aromatic N) is 1. The fourth-order valence-electron chi connectivity index (χ4n) is 4.48. The van der Waals surface area contributed by atoms with Crippen molar-refractivity contribution in [3.05, 3.63) is 50.8 Å². The van der Waals surface area contributed by atoms with Crippen LogP contribution in [0.1, 0.15) is 59.6 Å². The van der Waals surface area contributed by atoms with Gasteiger partial charge in [-0.15, -0.1) is 0 Å². The third-order valence-electron chi connectivity index (χ3n) is 6.24. The Morgan fingerprint density at radius 2 is 1.94 bits per heavy atom. The van der Waals surface area contributed by atoms with Crippen molar-refractivity contribution in [3.8, 4) is 0 Å². The maximum atomic E-state index is 13.0. The number of amides is 2. The predicted octanol–water partition coefficient (Wildman–Crippen LogP) is 4.22. The van der Waals surface area contributed by atoms with Crippen LogP contribution in [0.25, 0.3) is 11.6 Å². The second-order valence-electron chi connectivity index (χ2n) is 8.06. The van der Waals surface area contributed by atoms with Crippen LogP contribution >= 0.6 is 15.9 Å². The molecule has 31 heavy (non-hydrogen) atoms. The van der Waals surface area contributed by atoms with Gasteiger partial charge >= 0.3 is 0 Å². The van der Waals surface area contributed by atoms with Gasteiger partial charge in [0.05, 0.1) is 5.57 Å². The highest BCUT2D eigenvalue weighted by Gasteiger charge is 2.27. The van der Waals surface area contributed by atoms with Gasteiger partial charge in [0.2, 0.25) is 0 Å². The van der Waals surface area contributed by atoms with Gasteiger partial charge < -0.3 is 20.5 Å². The summed E-state index contributed by atoms with van der Waals surface area (Å²) in [6.07, 6.45) is 5.90. The Morgan fingerprint density at radius 3 is 2.68 bits per heavy atom. The van der Waals surface area contributed by atoms with Crippen LogP contribution in [0, 0.1) is 0 Å². The van der Waals surface area contributed by atoms with E-state index in [1.807, 2.05) is 24.3 Å². The van der Waals surface area contributed by atoms with Crippen molar-refractivity contribution in [2.75, 3.05) is 31.5 Å². The van der Waals surface area contributed by atoms with E-state index in [4.69, 9.17) is 0 Å². The van der Waals surface area contributed by atoms with Gasteiger partial charge in [-0.25, -0.2) is 0 Å². The minimum absolute atomic E-state index is 0.0611. The van der Waals surface area contributed by atoms with Crippen LogP contribution in [0.2, 0.25) is 0 Å². The molecule has 0 fully saturated rings. The molecule has 0 spiro atoms. The number of H-pyrrole nitrogens is 1. The molecule has 1 aliphatic heterocycles. The third kappa shape index (κ3) is 4.48. The molecule has 0 radical (unpaired) electrons. The lowest BCUT2D eigenvalue weighted by Crippen LogP contribution is -2.35. The van der Waals surface area contributed by atoms with E-state index in [9.17, 15) is 9.59 Å². The molecule has 2 amide bonds. The summed E-state index contributed by atoms with van der Waals surface area (Å²) in [5, 5.41) is 6.00. The zero-order chi connectivity index (χ0) is 22.0. The normalized spacial score (nSPS) is 16.4. The van der Waals surface area contributed by atoms with Crippen LogP contribution in [0.3, 0.4) is 0 Å². The molecule has 1 aromatic carbocycles. The monoisotopic (exact) mass is 484 g/mol. The number of benzene rings is 1. The number of anilines is 1. The number of carbonyl (C=O) groups excluding carboxylic acids is 2. The molecule has 6 nitrogen and oxygen atoms in total. The summed E-state index contributed by atoms with van der Waals surface area (Å²) in [6.45, 7) is 7.66. The highest BCUT2D eigenvalue weighted by molar-refractivity contribution is 9.10. The Hall–Kier alpha value is -2.38. The van der Waals surface area contributed by atoms with Crippen LogP contribution < -0.4 is 10.6 Å². The quantitative estimate of drug-likeness (QED) is 0.514. The number of hydrogen-bond acceptors (Lipinski definition) is 3. The lowest BCUT2D eigenvalue weighted by Gasteiger charge is -2.18.